The number of aryl methyl sites for hydroxylation is 2. The van der Waals surface area contributed by atoms with E-state index in [1.807, 2.05) is 36.9 Å². The molecule has 150 valence electrons. The van der Waals surface area contributed by atoms with Crippen molar-refractivity contribution in [2.24, 2.45) is 7.05 Å². The summed E-state index contributed by atoms with van der Waals surface area (Å²) in [5, 5.41) is 13.7. The predicted molar refractivity (Wildman–Crippen MR) is 113 cm³/mol. The number of rotatable bonds is 4. The van der Waals surface area contributed by atoms with Crippen LogP contribution in [0.4, 0.5) is 4.39 Å². The SMILES string of the molecule is CCn1cnc2c(-c3ccc(F)c(-c4cc5cn(C)nc5cc4OC)c3)cnnc21. The van der Waals surface area contributed by atoms with Crippen molar-refractivity contribution < 1.29 is 9.13 Å². The Bertz CT molecular complexity index is 1400. The van der Waals surface area contributed by atoms with Crippen LogP contribution in [0.15, 0.2) is 49.1 Å². The maximum absolute atomic E-state index is 14.9. The molecule has 0 amide bonds. The van der Waals surface area contributed by atoms with Gasteiger partial charge >= 0.3 is 0 Å². The Kier molecular flexibility index (Phi) is 4.20. The highest BCUT2D eigenvalue weighted by Gasteiger charge is 2.17. The van der Waals surface area contributed by atoms with Crippen LogP contribution in [0, 0.1) is 5.82 Å². The predicted octanol–water partition coefficient (Wildman–Crippen LogP) is 4.21. The third kappa shape index (κ3) is 2.80. The number of ether oxygens (including phenoxy) is 1. The van der Waals surface area contributed by atoms with Crippen molar-refractivity contribution >= 4 is 22.1 Å². The molecule has 0 unspecified atom stereocenters. The minimum atomic E-state index is -0.336. The van der Waals surface area contributed by atoms with Gasteiger partial charge in [0.1, 0.15) is 17.1 Å². The van der Waals surface area contributed by atoms with E-state index < -0.39 is 0 Å². The van der Waals surface area contributed by atoms with E-state index in [-0.39, 0.29) is 5.82 Å². The third-order valence-corrected chi connectivity index (χ3v) is 5.25. The molecule has 5 aromatic rings. The van der Waals surface area contributed by atoms with E-state index in [2.05, 4.69) is 20.3 Å². The Labute approximate surface area is 171 Å². The van der Waals surface area contributed by atoms with E-state index in [9.17, 15) is 4.39 Å². The zero-order valence-corrected chi connectivity index (χ0v) is 16.8. The fourth-order valence-corrected chi connectivity index (χ4v) is 3.77. The molecule has 8 heteroatoms. The topological polar surface area (TPSA) is 70.7 Å². The van der Waals surface area contributed by atoms with Crippen molar-refractivity contribution in [2.75, 3.05) is 7.11 Å². The average molecular weight is 402 g/mol. The Morgan fingerprint density at radius 3 is 2.77 bits per heavy atom. The van der Waals surface area contributed by atoms with Gasteiger partial charge in [-0.15, -0.1) is 5.10 Å². The molecule has 3 aromatic heterocycles. The summed E-state index contributed by atoms with van der Waals surface area (Å²) in [4.78, 5) is 4.50. The lowest BCUT2D eigenvalue weighted by atomic mass is 9.97. The van der Waals surface area contributed by atoms with Gasteiger partial charge in [-0.2, -0.15) is 10.2 Å². The molecule has 0 spiro atoms. The molecule has 0 saturated heterocycles. The van der Waals surface area contributed by atoms with Crippen molar-refractivity contribution in [1.82, 2.24) is 29.5 Å². The second kappa shape index (κ2) is 6.91. The first-order valence-electron chi connectivity index (χ1n) is 9.57. The molecule has 0 bridgehead atoms. The fraction of sp³-hybridized carbons (Fsp3) is 0.182. The van der Waals surface area contributed by atoms with Crippen LogP contribution >= 0.6 is 0 Å². The van der Waals surface area contributed by atoms with Gasteiger partial charge in [-0.25, -0.2) is 9.37 Å². The second-order valence-electron chi connectivity index (χ2n) is 7.07. The molecule has 0 atom stereocenters. The lowest BCUT2D eigenvalue weighted by Gasteiger charge is -2.12. The Balaban J connectivity index is 1.72. The Morgan fingerprint density at radius 1 is 1.10 bits per heavy atom. The summed E-state index contributed by atoms with van der Waals surface area (Å²) < 4.78 is 24.1. The lowest BCUT2D eigenvalue weighted by Crippen LogP contribution is -1.96. The molecular formula is C22H19FN6O. The van der Waals surface area contributed by atoms with Crippen molar-refractivity contribution in [3.05, 3.63) is 54.9 Å². The van der Waals surface area contributed by atoms with E-state index in [4.69, 9.17) is 4.74 Å². The van der Waals surface area contributed by atoms with Crippen LogP contribution in [0.1, 0.15) is 6.92 Å². The second-order valence-corrected chi connectivity index (χ2v) is 7.07. The van der Waals surface area contributed by atoms with Crippen LogP contribution in [0.25, 0.3) is 44.3 Å². The van der Waals surface area contributed by atoms with Gasteiger partial charge in [-0.1, -0.05) is 6.07 Å². The van der Waals surface area contributed by atoms with Gasteiger partial charge in [0, 0.05) is 47.9 Å². The van der Waals surface area contributed by atoms with Gasteiger partial charge in [-0.3, -0.25) is 4.68 Å². The summed E-state index contributed by atoms with van der Waals surface area (Å²) in [6.07, 6.45) is 5.30. The summed E-state index contributed by atoms with van der Waals surface area (Å²) >= 11 is 0. The molecule has 0 N–H and O–H groups in total. The van der Waals surface area contributed by atoms with Crippen LogP contribution in [0.2, 0.25) is 0 Å². The van der Waals surface area contributed by atoms with E-state index in [0.717, 1.165) is 34.1 Å². The van der Waals surface area contributed by atoms with E-state index >= 15 is 0 Å². The quantitative estimate of drug-likeness (QED) is 0.450. The fourth-order valence-electron chi connectivity index (χ4n) is 3.77. The molecule has 0 radical (unpaired) electrons. The summed E-state index contributed by atoms with van der Waals surface area (Å²) in [7, 11) is 3.42. The summed E-state index contributed by atoms with van der Waals surface area (Å²) in [6.45, 7) is 2.76. The molecular weight excluding hydrogens is 383 g/mol. The molecule has 0 saturated carbocycles. The Morgan fingerprint density at radius 2 is 1.97 bits per heavy atom. The van der Waals surface area contributed by atoms with Crippen LogP contribution in [0.5, 0.6) is 5.75 Å². The molecule has 3 heterocycles. The smallest absolute Gasteiger partial charge is 0.183 e. The molecule has 0 aliphatic carbocycles. The zero-order valence-electron chi connectivity index (χ0n) is 16.8. The van der Waals surface area contributed by atoms with Gasteiger partial charge in [0.15, 0.2) is 5.65 Å². The number of benzene rings is 2. The van der Waals surface area contributed by atoms with Gasteiger partial charge in [0.05, 0.1) is 25.2 Å². The first-order chi connectivity index (χ1) is 14.6. The highest BCUT2D eigenvalue weighted by Crippen LogP contribution is 2.38. The van der Waals surface area contributed by atoms with Crippen LogP contribution in [-0.4, -0.2) is 36.6 Å². The number of nitrogens with zero attached hydrogens (tertiary/aromatic N) is 6. The minimum absolute atomic E-state index is 0.336. The van der Waals surface area contributed by atoms with Gasteiger partial charge in [-0.05, 0) is 30.7 Å². The van der Waals surface area contributed by atoms with Crippen LogP contribution < -0.4 is 4.74 Å². The van der Waals surface area contributed by atoms with Gasteiger partial charge in [0.25, 0.3) is 0 Å². The number of hydrogen-bond donors (Lipinski definition) is 0. The first kappa shape index (κ1) is 18.2. The highest BCUT2D eigenvalue weighted by atomic mass is 19.1. The third-order valence-electron chi connectivity index (χ3n) is 5.25. The maximum Gasteiger partial charge on any atom is 0.183 e. The normalized spacial score (nSPS) is 11.5. The van der Waals surface area contributed by atoms with Crippen molar-refractivity contribution in [2.45, 2.75) is 13.5 Å². The average Bonchev–Trinajstić information content (AvgIpc) is 3.34. The number of hydrogen-bond acceptors (Lipinski definition) is 5. The largest absolute Gasteiger partial charge is 0.496 e. The molecule has 0 aliphatic heterocycles. The maximum atomic E-state index is 14.9. The number of fused-ring (bicyclic) bond motifs is 2. The standard InChI is InChI=1S/C22H19FN6O/c1-4-29-12-24-21-17(10-25-26-22(21)29)13-5-6-18(23)15(7-13)16-8-14-11-28(2)27-19(14)9-20(16)30-3/h5-12H,4H2,1-3H3. The van der Waals surface area contributed by atoms with Crippen LogP contribution in [0.3, 0.4) is 0 Å². The molecule has 30 heavy (non-hydrogen) atoms. The van der Waals surface area contributed by atoms with E-state index in [0.29, 0.717) is 22.5 Å². The van der Waals surface area contributed by atoms with Gasteiger partial charge in [0.2, 0.25) is 0 Å². The zero-order chi connectivity index (χ0) is 20.8. The molecule has 5 rings (SSSR count). The molecule has 2 aromatic carbocycles. The van der Waals surface area contributed by atoms with Crippen molar-refractivity contribution in [1.29, 1.82) is 0 Å². The summed E-state index contributed by atoms with van der Waals surface area (Å²) in [5.41, 5.74) is 4.94. The van der Waals surface area contributed by atoms with Gasteiger partial charge < -0.3 is 9.30 Å². The first-order valence-corrected chi connectivity index (χ1v) is 9.57. The summed E-state index contributed by atoms with van der Waals surface area (Å²) in [5.74, 6) is 0.225. The van der Waals surface area contributed by atoms with E-state index in [1.54, 1.807) is 36.4 Å². The van der Waals surface area contributed by atoms with E-state index in [1.165, 1.54) is 6.07 Å². The number of imidazole rings is 1. The lowest BCUT2D eigenvalue weighted by molar-refractivity contribution is 0.416. The number of aromatic nitrogens is 6. The van der Waals surface area contributed by atoms with Crippen LogP contribution in [-0.2, 0) is 13.6 Å². The monoisotopic (exact) mass is 402 g/mol. The number of methoxy groups -OCH3 is 1. The van der Waals surface area contributed by atoms with Crippen molar-refractivity contribution in [3.63, 3.8) is 0 Å². The molecule has 0 aliphatic rings. The van der Waals surface area contributed by atoms with Crippen molar-refractivity contribution in [3.8, 4) is 28.0 Å². The molecule has 0 fully saturated rings. The number of halogens is 1. The molecule has 7 nitrogen and oxygen atoms in total. The highest BCUT2D eigenvalue weighted by molar-refractivity contribution is 5.92. The minimum Gasteiger partial charge on any atom is -0.496 e. The summed E-state index contributed by atoms with van der Waals surface area (Å²) in [6, 6.07) is 8.72. The Hall–Kier alpha value is -3.81.